The van der Waals surface area contributed by atoms with Crippen molar-refractivity contribution >= 4 is 5.91 Å². The number of rotatable bonds is 6. The molecule has 0 saturated heterocycles. The predicted molar refractivity (Wildman–Crippen MR) is 74.9 cm³/mol. The Kier molecular flexibility index (Phi) is 5.54. The molecule has 0 aromatic carbocycles. The van der Waals surface area contributed by atoms with Crippen molar-refractivity contribution in [1.82, 2.24) is 15.1 Å². The van der Waals surface area contributed by atoms with Crippen molar-refractivity contribution in [3.8, 4) is 0 Å². The van der Waals surface area contributed by atoms with Crippen molar-refractivity contribution in [3.05, 3.63) is 17.0 Å². The average molecular weight is 267 g/mol. The summed E-state index contributed by atoms with van der Waals surface area (Å²) in [5.41, 5.74) is 3.26. The molecule has 2 unspecified atom stereocenters. The fraction of sp³-hybridized carbons (Fsp3) is 0.714. The van der Waals surface area contributed by atoms with E-state index in [-0.39, 0.29) is 17.9 Å². The van der Waals surface area contributed by atoms with Gasteiger partial charge in [-0.25, -0.2) is 0 Å². The number of amides is 1. The normalized spacial score (nSPS) is 14.2. The van der Waals surface area contributed by atoms with E-state index in [4.69, 9.17) is 5.11 Å². The standard InChI is InChI=1S/C14H25N3O2/c1-9(14(19)15-7-6-10(2)18)8-13-11(3)16-17(5)12(13)4/h9-10,18H,6-8H2,1-5H3,(H,15,19). The number of carbonyl (C=O) groups is 1. The van der Waals surface area contributed by atoms with Crippen LogP contribution in [0, 0.1) is 19.8 Å². The molecule has 0 saturated carbocycles. The minimum Gasteiger partial charge on any atom is -0.393 e. The smallest absolute Gasteiger partial charge is 0.223 e. The number of aliphatic hydroxyl groups excluding tert-OH is 1. The second-order valence-electron chi connectivity index (χ2n) is 5.31. The van der Waals surface area contributed by atoms with Crippen LogP contribution in [0.5, 0.6) is 0 Å². The first-order valence-corrected chi connectivity index (χ1v) is 6.77. The molecule has 1 aromatic heterocycles. The molecule has 0 aliphatic rings. The van der Waals surface area contributed by atoms with Gasteiger partial charge in [-0.1, -0.05) is 6.92 Å². The second kappa shape index (κ2) is 6.70. The van der Waals surface area contributed by atoms with Gasteiger partial charge >= 0.3 is 0 Å². The zero-order valence-electron chi connectivity index (χ0n) is 12.5. The van der Waals surface area contributed by atoms with E-state index < -0.39 is 0 Å². The van der Waals surface area contributed by atoms with Gasteiger partial charge in [0.05, 0.1) is 11.8 Å². The van der Waals surface area contributed by atoms with Crippen LogP contribution in [0.4, 0.5) is 0 Å². The number of aryl methyl sites for hydroxylation is 2. The Morgan fingerprint density at radius 2 is 2.05 bits per heavy atom. The minimum atomic E-state index is -0.376. The van der Waals surface area contributed by atoms with Crippen molar-refractivity contribution < 1.29 is 9.90 Å². The highest BCUT2D eigenvalue weighted by molar-refractivity contribution is 5.78. The molecule has 0 radical (unpaired) electrons. The van der Waals surface area contributed by atoms with Crippen LogP contribution in [0.15, 0.2) is 0 Å². The lowest BCUT2D eigenvalue weighted by molar-refractivity contribution is -0.124. The summed E-state index contributed by atoms with van der Waals surface area (Å²) in [6, 6.07) is 0. The molecule has 0 fully saturated rings. The first-order valence-electron chi connectivity index (χ1n) is 6.77. The molecule has 5 nitrogen and oxygen atoms in total. The molecule has 0 aliphatic carbocycles. The van der Waals surface area contributed by atoms with E-state index in [1.807, 2.05) is 32.5 Å². The first kappa shape index (κ1) is 15.7. The molecule has 0 aliphatic heterocycles. The molecule has 0 spiro atoms. The fourth-order valence-corrected chi connectivity index (χ4v) is 2.09. The summed E-state index contributed by atoms with van der Waals surface area (Å²) in [6.07, 6.45) is 0.911. The maximum Gasteiger partial charge on any atom is 0.223 e. The van der Waals surface area contributed by atoms with Gasteiger partial charge in [0, 0.05) is 25.2 Å². The zero-order valence-corrected chi connectivity index (χ0v) is 12.5. The Morgan fingerprint density at radius 3 is 2.53 bits per heavy atom. The lowest BCUT2D eigenvalue weighted by atomic mass is 9.99. The van der Waals surface area contributed by atoms with Crippen LogP contribution >= 0.6 is 0 Å². The van der Waals surface area contributed by atoms with Gasteiger partial charge < -0.3 is 10.4 Å². The molecule has 1 heterocycles. The molecule has 1 amide bonds. The number of aliphatic hydroxyl groups is 1. The summed E-state index contributed by atoms with van der Waals surface area (Å²) in [4.78, 5) is 11.9. The van der Waals surface area contributed by atoms with Crippen molar-refractivity contribution in [2.75, 3.05) is 6.54 Å². The monoisotopic (exact) mass is 267 g/mol. The third-order valence-electron chi connectivity index (χ3n) is 3.48. The van der Waals surface area contributed by atoms with Crippen LogP contribution in [-0.2, 0) is 18.3 Å². The molecule has 0 bridgehead atoms. The zero-order chi connectivity index (χ0) is 14.6. The summed E-state index contributed by atoms with van der Waals surface area (Å²) in [7, 11) is 1.92. The Hall–Kier alpha value is -1.36. The van der Waals surface area contributed by atoms with Gasteiger partial charge in [0.15, 0.2) is 0 Å². The molecular formula is C14H25N3O2. The highest BCUT2D eigenvalue weighted by atomic mass is 16.3. The van der Waals surface area contributed by atoms with Gasteiger partial charge in [0.2, 0.25) is 5.91 Å². The fourth-order valence-electron chi connectivity index (χ4n) is 2.09. The van der Waals surface area contributed by atoms with E-state index in [9.17, 15) is 4.79 Å². The van der Waals surface area contributed by atoms with Crippen molar-refractivity contribution in [3.63, 3.8) is 0 Å². The quantitative estimate of drug-likeness (QED) is 0.811. The highest BCUT2D eigenvalue weighted by Crippen LogP contribution is 2.16. The number of aromatic nitrogens is 2. The molecule has 2 N–H and O–H groups in total. The number of nitrogens with one attached hydrogen (secondary N) is 1. The Balaban J connectivity index is 2.54. The molecule has 19 heavy (non-hydrogen) atoms. The SMILES string of the molecule is Cc1nn(C)c(C)c1CC(C)C(=O)NCCC(C)O. The van der Waals surface area contributed by atoms with Crippen LogP contribution < -0.4 is 5.32 Å². The third-order valence-corrected chi connectivity index (χ3v) is 3.48. The van der Waals surface area contributed by atoms with Gasteiger partial charge in [0.25, 0.3) is 0 Å². The number of nitrogens with zero attached hydrogens (tertiary/aromatic N) is 2. The Morgan fingerprint density at radius 1 is 1.42 bits per heavy atom. The highest BCUT2D eigenvalue weighted by Gasteiger charge is 2.18. The van der Waals surface area contributed by atoms with Gasteiger partial charge in [-0.3, -0.25) is 9.48 Å². The Bertz CT molecular complexity index is 438. The van der Waals surface area contributed by atoms with Crippen LogP contribution in [-0.4, -0.2) is 33.4 Å². The van der Waals surface area contributed by atoms with Crippen molar-refractivity contribution in [1.29, 1.82) is 0 Å². The number of carbonyl (C=O) groups excluding carboxylic acids is 1. The van der Waals surface area contributed by atoms with E-state index in [0.29, 0.717) is 19.4 Å². The first-order chi connectivity index (χ1) is 8.82. The maximum absolute atomic E-state index is 11.9. The van der Waals surface area contributed by atoms with E-state index >= 15 is 0 Å². The molecule has 1 aromatic rings. The van der Waals surface area contributed by atoms with Gasteiger partial charge in [-0.05, 0) is 39.2 Å². The van der Waals surface area contributed by atoms with Crippen LogP contribution in [0.25, 0.3) is 0 Å². The minimum absolute atomic E-state index is 0.0308. The molecular weight excluding hydrogens is 242 g/mol. The molecule has 2 atom stereocenters. The summed E-state index contributed by atoms with van der Waals surface area (Å²) in [6.45, 7) is 8.15. The van der Waals surface area contributed by atoms with E-state index in [1.165, 1.54) is 0 Å². The lowest BCUT2D eigenvalue weighted by Gasteiger charge is -2.13. The van der Waals surface area contributed by atoms with Crippen LogP contribution in [0.1, 0.15) is 37.2 Å². The summed E-state index contributed by atoms with van der Waals surface area (Å²) in [5, 5.41) is 16.4. The van der Waals surface area contributed by atoms with Crippen LogP contribution in [0.3, 0.4) is 0 Å². The largest absolute Gasteiger partial charge is 0.393 e. The third kappa shape index (κ3) is 4.35. The maximum atomic E-state index is 11.9. The van der Waals surface area contributed by atoms with Gasteiger partial charge in [0.1, 0.15) is 0 Å². The molecule has 1 rings (SSSR count). The summed E-state index contributed by atoms with van der Waals surface area (Å²) in [5.74, 6) is -0.0566. The molecule has 108 valence electrons. The van der Waals surface area contributed by atoms with Crippen molar-refractivity contribution in [2.45, 2.75) is 46.6 Å². The summed E-state index contributed by atoms with van der Waals surface area (Å²) >= 11 is 0. The van der Waals surface area contributed by atoms with Crippen LogP contribution in [0.2, 0.25) is 0 Å². The summed E-state index contributed by atoms with van der Waals surface area (Å²) < 4.78 is 1.85. The molecule has 5 heteroatoms. The Labute approximate surface area is 115 Å². The topological polar surface area (TPSA) is 67.2 Å². The number of hydrogen-bond donors (Lipinski definition) is 2. The average Bonchev–Trinajstić information content (AvgIpc) is 2.55. The number of hydrogen-bond acceptors (Lipinski definition) is 3. The van der Waals surface area contributed by atoms with E-state index in [2.05, 4.69) is 10.4 Å². The van der Waals surface area contributed by atoms with Gasteiger partial charge in [-0.15, -0.1) is 0 Å². The van der Waals surface area contributed by atoms with Crippen molar-refractivity contribution in [2.24, 2.45) is 13.0 Å². The second-order valence-corrected chi connectivity index (χ2v) is 5.31. The van der Waals surface area contributed by atoms with E-state index in [1.54, 1.807) is 6.92 Å². The van der Waals surface area contributed by atoms with E-state index in [0.717, 1.165) is 17.0 Å². The van der Waals surface area contributed by atoms with Gasteiger partial charge in [-0.2, -0.15) is 5.10 Å². The predicted octanol–water partition coefficient (Wildman–Crippen LogP) is 1.10. The lowest BCUT2D eigenvalue weighted by Crippen LogP contribution is -2.32.